The molecule has 0 radical (unpaired) electrons. The molecule has 4 heteroatoms. The molecule has 1 aromatic carbocycles. The topological polar surface area (TPSA) is 45.2 Å². The zero-order chi connectivity index (χ0) is 16.8. The van der Waals surface area contributed by atoms with Crippen LogP contribution in [0.1, 0.15) is 48.0 Å². The van der Waals surface area contributed by atoms with Crippen LogP contribution in [0.25, 0.3) is 0 Å². The van der Waals surface area contributed by atoms with Gasteiger partial charge >= 0.3 is 0 Å². The molecule has 0 aliphatic heterocycles. The molecular formula is C20H25N3O. The number of benzene rings is 1. The first kappa shape index (κ1) is 16.5. The first-order valence-corrected chi connectivity index (χ1v) is 8.73. The summed E-state index contributed by atoms with van der Waals surface area (Å²) in [6, 6.07) is 12.5. The minimum Gasteiger partial charge on any atom is -0.381 e. The van der Waals surface area contributed by atoms with Crippen molar-refractivity contribution in [2.75, 3.05) is 12.4 Å². The van der Waals surface area contributed by atoms with Gasteiger partial charge in [-0.05, 0) is 24.5 Å². The predicted octanol–water partition coefficient (Wildman–Crippen LogP) is 4.10. The number of hydrogen-bond donors (Lipinski definition) is 1. The number of pyridine rings is 1. The van der Waals surface area contributed by atoms with E-state index >= 15 is 0 Å². The van der Waals surface area contributed by atoms with E-state index < -0.39 is 0 Å². The van der Waals surface area contributed by atoms with E-state index in [1.54, 1.807) is 11.1 Å². The van der Waals surface area contributed by atoms with Gasteiger partial charge in [0.1, 0.15) is 0 Å². The summed E-state index contributed by atoms with van der Waals surface area (Å²) in [5.41, 5.74) is 2.70. The number of aromatic nitrogens is 1. The highest BCUT2D eigenvalue weighted by Crippen LogP contribution is 2.22. The lowest BCUT2D eigenvalue weighted by atomic mass is 9.95. The number of nitrogens with one attached hydrogen (secondary N) is 1. The molecule has 1 amide bonds. The third kappa shape index (κ3) is 4.34. The lowest BCUT2D eigenvalue weighted by molar-refractivity contribution is 0.0784. The highest BCUT2D eigenvalue weighted by Gasteiger charge is 2.16. The van der Waals surface area contributed by atoms with Crippen LogP contribution in [-0.4, -0.2) is 28.9 Å². The number of carbonyl (C=O) groups is 1. The molecule has 0 unspecified atom stereocenters. The summed E-state index contributed by atoms with van der Waals surface area (Å²) in [6.07, 6.45) is 9.75. The first-order valence-electron chi connectivity index (χ1n) is 8.73. The Morgan fingerprint density at radius 3 is 2.67 bits per heavy atom. The summed E-state index contributed by atoms with van der Waals surface area (Å²) >= 11 is 0. The van der Waals surface area contributed by atoms with Gasteiger partial charge < -0.3 is 10.2 Å². The van der Waals surface area contributed by atoms with Crippen molar-refractivity contribution in [3.05, 3.63) is 59.9 Å². The van der Waals surface area contributed by atoms with Crippen LogP contribution < -0.4 is 5.32 Å². The average molecular weight is 323 g/mol. The van der Waals surface area contributed by atoms with Gasteiger partial charge in [-0.3, -0.25) is 9.78 Å². The van der Waals surface area contributed by atoms with E-state index in [0.717, 1.165) is 11.3 Å². The third-order valence-corrected chi connectivity index (χ3v) is 4.57. The second-order valence-electron chi connectivity index (χ2n) is 6.59. The summed E-state index contributed by atoms with van der Waals surface area (Å²) < 4.78 is 0. The molecule has 2 aromatic rings. The lowest BCUT2D eigenvalue weighted by Crippen LogP contribution is -2.27. The maximum Gasteiger partial charge on any atom is 0.255 e. The first-order chi connectivity index (χ1) is 11.7. The monoisotopic (exact) mass is 323 g/mol. The zero-order valence-electron chi connectivity index (χ0n) is 14.2. The highest BCUT2D eigenvalue weighted by atomic mass is 16.2. The summed E-state index contributed by atoms with van der Waals surface area (Å²) in [7, 11) is 1.83. The smallest absolute Gasteiger partial charge is 0.255 e. The Hall–Kier alpha value is -2.36. The molecule has 4 nitrogen and oxygen atoms in total. The van der Waals surface area contributed by atoms with Crippen LogP contribution in [0.2, 0.25) is 0 Å². The van der Waals surface area contributed by atoms with Gasteiger partial charge in [0.15, 0.2) is 0 Å². The number of rotatable bonds is 5. The van der Waals surface area contributed by atoms with Crippen LogP contribution in [0, 0.1) is 0 Å². The summed E-state index contributed by atoms with van der Waals surface area (Å²) in [4.78, 5) is 18.6. The van der Waals surface area contributed by atoms with Gasteiger partial charge in [-0.2, -0.15) is 0 Å². The molecule has 1 aromatic heterocycles. The van der Waals surface area contributed by atoms with E-state index in [1.165, 1.54) is 32.1 Å². The maximum absolute atomic E-state index is 12.7. The number of anilines is 1. The Bertz CT molecular complexity index is 666. The molecule has 1 aliphatic carbocycles. The van der Waals surface area contributed by atoms with E-state index in [2.05, 4.69) is 10.3 Å². The molecule has 0 spiro atoms. The fraction of sp³-hybridized carbons (Fsp3) is 0.400. The largest absolute Gasteiger partial charge is 0.381 e. The maximum atomic E-state index is 12.7. The van der Waals surface area contributed by atoms with Gasteiger partial charge in [0, 0.05) is 32.0 Å². The standard InChI is InChI=1S/C20H25N3O/c1-23(15-16-8-4-2-5-9-16)20(24)17-12-19(14-21-13-17)22-18-10-6-3-7-11-18/h2,4-5,8-9,12-14,18,22H,3,6-7,10-11,15H2,1H3. The zero-order valence-corrected chi connectivity index (χ0v) is 14.2. The van der Waals surface area contributed by atoms with Crippen molar-refractivity contribution in [2.45, 2.75) is 44.7 Å². The number of amides is 1. The lowest BCUT2D eigenvalue weighted by Gasteiger charge is -2.24. The molecule has 3 rings (SSSR count). The van der Waals surface area contributed by atoms with Gasteiger partial charge in [0.05, 0.1) is 11.3 Å². The minimum absolute atomic E-state index is 0.00125. The summed E-state index contributed by atoms with van der Waals surface area (Å²) in [5.74, 6) is -0.00125. The number of carbonyl (C=O) groups excluding carboxylic acids is 1. The van der Waals surface area contributed by atoms with Crippen LogP contribution in [0.15, 0.2) is 48.8 Å². The average Bonchev–Trinajstić information content (AvgIpc) is 2.63. The minimum atomic E-state index is -0.00125. The Kier molecular flexibility index (Phi) is 5.47. The van der Waals surface area contributed by atoms with Crippen molar-refractivity contribution < 1.29 is 4.79 Å². The number of hydrogen-bond acceptors (Lipinski definition) is 3. The van der Waals surface area contributed by atoms with E-state index in [0.29, 0.717) is 18.2 Å². The third-order valence-electron chi connectivity index (χ3n) is 4.57. The van der Waals surface area contributed by atoms with Gasteiger partial charge in [-0.25, -0.2) is 0 Å². The van der Waals surface area contributed by atoms with Gasteiger partial charge in [0.25, 0.3) is 5.91 Å². The van der Waals surface area contributed by atoms with Gasteiger partial charge in [-0.15, -0.1) is 0 Å². The van der Waals surface area contributed by atoms with Crippen molar-refractivity contribution in [3.63, 3.8) is 0 Å². The van der Waals surface area contributed by atoms with Crippen LogP contribution in [0.5, 0.6) is 0 Å². The van der Waals surface area contributed by atoms with Gasteiger partial charge in [-0.1, -0.05) is 49.6 Å². The van der Waals surface area contributed by atoms with Crippen molar-refractivity contribution >= 4 is 11.6 Å². The Morgan fingerprint density at radius 2 is 1.92 bits per heavy atom. The molecule has 0 atom stereocenters. The predicted molar refractivity (Wildman–Crippen MR) is 97.0 cm³/mol. The fourth-order valence-corrected chi connectivity index (χ4v) is 3.27. The van der Waals surface area contributed by atoms with E-state index in [4.69, 9.17) is 0 Å². The molecule has 126 valence electrons. The molecule has 0 bridgehead atoms. The Labute approximate surface area is 143 Å². The quantitative estimate of drug-likeness (QED) is 0.901. The second-order valence-corrected chi connectivity index (χ2v) is 6.59. The van der Waals surface area contributed by atoms with E-state index in [-0.39, 0.29) is 5.91 Å². The van der Waals surface area contributed by atoms with E-state index in [9.17, 15) is 4.79 Å². The molecule has 1 N–H and O–H groups in total. The summed E-state index contributed by atoms with van der Waals surface area (Å²) in [5, 5.41) is 3.53. The molecule has 0 saturated heterocycles. The molecule has 1 saturated carbocycles. The normalized spacial score (nSPS) is 15.0. The Morgan fingerprint density at radius 1 is 1.17 bits per heavy atom. The molecular weight excluding hydrogens is 298 g/mol. The van der Waals surface area contributed by atoms with Crippen molar-refractivity contribution in [1.82, 2.24) is 9.88 Å². The second kappa shape index (κ2) is 7.95. The Balaban J connectivity index is 1.64. The van der Waals surface area contributed by atoms with E-state index in [1.807, 2.05) is 49.6 Å². The molecule has 1 heterocycles. The van der Waals surface area contributed by atoms with Crippen molar-refractivity contribution in [2.24, 2.45) is 0 Å². The molecule has 1 fully saturated rings. The van der Waals surface area contributed by atoms with Crippen LogP contribution in [0.3, 0.4) is 0 Å². The SMILES string of the molecule is CN(Cc1ccccc1)C(=O)c1cncc(NC2CCCCC2)c1. The summed E-state index contributed by atoms with van der Waals surface area (Å²) in [6.45, 7) is 0.597. The molecule has 24 heavy (non-hydrogen) atoms. The number of nitrogens with zero attached hydrogens (tertiary/aromatic N) is 2. The van der Waals surface area contributed by atoms with Crippen LogP contribution >= 0.6 is 0 Å². The van der Waals surface area contributed by atoms with Crippen molar-refractivity contribution in [3.8, 4) is 0 Å². The van der Waals surface area contributed by atoms with Gasteiger partial charge in [0.2, 0.25) is 0 Å². The fourth-order valence-electron chi connectivity index (χ4n) is 3.27. The van der Waals surface area contributed by atoms with Crippen LogP contribution in [0.4, 0.5) is 5.69 Å². The molecule has 1 aliphatic rings. The highest BCUT2D eigenvalue weighted by molar-refractivity contribution is 5.94. The van der Waals surface area contributed by atoms with Crippen LogP contribution in [-0.2, 0) is 6.54 Å². The van der Waals surface area contributed by atoms with Crippen molar-refractivity contribution in [1.29, 1.82) is 0 Å².